The molecule has 2 rings (SSSR count). The summed E-state index contributed by atoms with van der Waals surface area (Å²) in [6, 6.07) is 0. The molecule has 1 saturated heterocycles. The number of nitrogens with zero attached hydrogens (tertiary/aromatic N) is 1. The van der Waals surface area contributed by atoms with E-state index in [1.54, 1.807) is 0 Å². The van der Waals surface area contributed by atoms with E-state index in [1.165, 1.54) is 25.3 Å². The molecule has 1 aliphatic carbocycles. The molecule has 1 spiro atoms. The largest absolute Gasteiger partial charge is 0.334 e. The summed E-state index contributed by atoms with van der Waals surface area (Å²) in [6.45, 7) is 12.9. The van der Waals surface area contributed by atoms with Crippen molar-refractivity contribution in [3.63, 3.8) is 0 Å². The normalized spacial score (nSPS) is 28.5. The van der Waals surface area contributed by atoms with Crippen LogP contribution in [0.4, 0.5) is 0 Å². The fraction of sp³-hybridized carbons (Fsp3) is 0.706. The average molecular weight is 263 g/mol. The lowest BCUT2D eigenvalue weighted by atomic mass is 9.65. The molecule has 1 aliphatic heterocycles. The zero-order chi connectivity index (χ0) is 14.5. The van der Waals surface area contributed by atoms with E-state index in [0.717, 1.165) is 19.4 Å². The molecule has 0 N–H and O–H groups in total. The molecular formula is C17H29NO. The second-order valence-corrected chi connectivity index (χ2v) is 6.15. The quantitative estimate of drug-likeness (QED) is 0.509. The maximum absolute atomic E-state index is 11.8. The van der Waals surface area contributed by atoms with Crippen molar-refractivity contribution in [2.75, 3.05) is 6.54 Å². The molecule has 0 bridgehead atoms. The van der Waals surface area contributed by atoms with Crippen LogP contribution in [-0.2, 0) is 4.79 Å². The van der Waals surface area contributed by atoms with Crippen LogP contribution in [0, 0.1) is 5.41 Å². The topological polar surface area (TPSA) is 20.3 Å². The van der Waals surface area contributed by atoms with Gasteiger partial charge >= 0.3 is 0 Å². The van der Waals surface area contributed by atoms with Crippen LogP contribution in [0.1, 0.15) is 59.8 Å². The van der Waals surface area contributed by atoms with E-state index in [-0.39, 0.29) is 11.4 Å². The van der Waals surface area contributed by atoms with Crippen molar-refractivity contribution in [3.05, 3.63) is 24.8 Å². The predicted octanol–water partition coefficient (Wildman–Crippen LogP) is 4.33. The highest BCUT2D eigenvalue weighted by Gasteiger charge is 2.44. The van der Waals surface area contributed by atoms with Crippen LogP contribution in [0.25, 0.3) is 0 Å². The zero-order valence-electron chi connectivity index (χ0n) is 13.0. The molecular weight excluding hydrogens is 234 g/mol. The van der Waals surface area contributed by atoms with Crippen molar-refractivity contribution in [2.24, 2.45) is 5.41 Å². The van der Waals surface area contributed by atoms with Gasteiger partial charge in [0.1, 0.15) is 0 Å². The molecule has 0 aromatic rings. The number of carbonyl (C=O) groups is 1. The maximum atomic E-state index is 11.8. The fourth-order valence-electron chi connectivity index (χ4n) is 3.60. The highest BCUT2D eigenvalue weighted by molar-refractivity contribution is 5.87. The van der Waals surface area contributed by atoms with Gasteiger partial charge in [-0.1, -0.05) is 32.6 Å². The number of carbonyl (C=O) groups excluding carboxylic acids is 1. The number of piperidine rings is 1. The number of amides is 1. The predicted molar refractivity (Wildman–Crippen MR) is 82.0 cm³/mol. The highest BCUT2D eigenvalue weighted by atomic mass is 16.2. The molecule has 1 fully saturated rings. The van der Waals surface area contributed by atoms with Gasteiger partial charge in [-0.25, -0.2) is 0 Å². The zero-order valence-corrected chi connectivity index (χ0v) is 13.0. The van der Waals surface area contributed by atoms with Gasteiger partial charge in [0.25, 0.3) is 0 Å². The van der Waals surface area contributed by atoms with Crippen LogP contribution in [0.5, 0.6) is 0 Å². The number of likely N-dealkylation sites (tertiary alicyclic amines) is 1. The van der Waals surface area contributed by atoms with Crippen molar-refractivity contribution in [1.29, 1.82) is 0 Å². The highest BCUT2D eigenvalue weighted by Crippen LogP contribution is 2.47. The Morgan fingerprint density at radius 3 is 2.42 bits per heavy atom. The Kier molecular flexibility index (Phi) is 5.39. The molecule has 0 aromatic carbocycles. The summed E-state index contributed by atoms with van der Waals surface area (Å²) in [7, 11) is 0. The molecule has 0 saturated carbocycles. The van der Waals surface area contributed by atoms with E-state index in [2.05, 4.69) is 32.6 Å². The first kappa shape index (κ1) is 16.0. The van der Waals surface area contributed by atoms with Crippen LogP contribution in [0.2, 0.25) is 0 Å². The molecule has 1 heterocycles. The van der Waals surface area contributed by atoms with Crippen LogP contribution >= 0.6 is 0 Å². The SMILES string of the molecule is C=CC(=O)N1CCC2(CC=CCC2)CC1(C)C.CC. The Morgan fingerprint density at radius 1 is 1.26 bits per heavy atom. The molecule has 1 unspecified atom stereocenters. The Bertz CT molecular complexity index is 356. The van der Waals surface area contributed by atoms with Gasteiger partial charge in [-0.05, 0) is 57.4 Å². The lowest BCUT2D eigenvalue weighted by molar-refractivity contribution is -0.136. The minimum absolute atomic E-state index is 0.0330. The van der Waals surface area contributed by atoms with E-state index < -0.39 is 0 Å². The van der Waals surface area contributed by atoms with Gasteiger partial charge in [0.15, 0.2) is 0 Å². The van der Waals surface area contributed by atoms with Gasteiger partial charge in [-0.3, -0.25) is 4.79 Å². The van der Waals surface area contributed by atoms with Gasteiger partial charge in [-0.2, -0.15) is 0 Å². The minimum atomic E-state index is -0.0330. The van der Waals surface area contributed by atoms with E-state index in [9.17, 15) is 4.79 Å². The third kappa shape index (κ3) is 3.49. The summed E-state index contributed by atoms with van der Waals surface area (Å²) in [6.07, 6.45) is 12.0. The Hall–Kier alpha value is -1.05. The molecule has 1 amide bonds. The third-order valence-corrected chi connectivity index (χ3v) is 4.40. The van der Waals surface area contributed by atoms with Gasteiger partial charge in [-0.15, -0.1) is 0 Å². The molecule has 2 nitrogen and oxygen atoms in total. The van der Waals surface area contributed by atoms with Gasteiger partial charge in [0.05, 0.1) is 0 Å². The summed E-state index contributed by atoms with van der Waals surface area (Å²) in [5, 5.41) is 0. The smallest absolute Gasteiger partial charge is 0.246 e. The van der Waals surface area contributed by atoms with Crippen molar-refractivity contribution >= 4 is 5.91 Å². The Morgan fingerprint density at radius 2 is 1.95 bits per heavy atom. The molecule has 2 heteroatoms. The molecule has 19 heavy (non-hydrogen) atoms. The average Bonchev–Trinajstić information content (AvgIpc) is 2.40. The fourth-order valence-corrected chi connectivity index (χ4v) is 3.60. The second kappa shape index (κ2) is 6.40. The monoisotopic (exact) mass is 263 g/mol. The van der Waals surface area contributed by atoms with Crippen molar-refractivity contribution in [2.45, 2.75) is 65.3 Å². The molecule has 1 atom stereocenters. The van der Waals surface area contributed by atoms with E-state index >= 15 is 0 Å². The van der Waals surface area contributed by atoms with Crippen molar-refractivity contribution < 1.29 is 4.79 Å². The van der Waals surface area contributed by atoms with Gasteiger partial charge in [0.2, 0.25) is 5.91 Å². The first-order valence-corrected chi connectivity index (χ1v) is 7.58. The summed E-state index contributed by atoms with van der Waals surface area (Å²) in [4.78, 5) is 13.8. The first-order valence-electron chi connectivity index (χ1n) is 7.58. The van der Waals surface area contributed by atoms with Crippen LogP contribution in [-0.4, -0.2) is 22.9 Å². The van der Waals surface area contributed by atoms with E-state index in [1.807, 2.05) is 18.7 Å². The Labute approximate surface area is 118 Å². The third-order valence-electron chi connectivity index (χ3n) is 4.40. The molecule has 0 radical (unpaired) electrons. The maximum Gasteiger partial charge on any atom is 0.246 e. The summed E-state index contributed by atoms with van der Waals surface area (Å²) in [5.41, 5.74) is 0.408. The summed E-state index contributed by atoms with van der Waals surface area (Å²) in [5.74, 6) is 0.0798. The van der Waals surface area contributed by atoms with E-state index in [4.69, 9.17) is 0 Å². The number of hydrogen-bond acceptors (Lipinski definition) is 1. The lowest BCUT2D eigenvalue weighted by Gasteiger charge is -2.52. The standard InChI is InChI=1S/C15H23NO.C2H6/c1-4-13(17)16-11-10-15(12-14(16,2)3)8-6-5-7-9-15;1-2/h4-6H,1,7-12H2,2-3H3;1-2H3. The second-order valence-electron chi connectivity index (χ2n) is 6.15. The molecule has 2 aliphatic rings. The van der Waals surface area contributed by atoms with Gasteiger partial charge < -0.3 is 4.90 Å². The minimum Gasteiger partial charge on any atom is -0.334 e. The number of allylic oxidation sites excluding steroid dienone is 2. The first-order chi connectivity index (χ1) is 8.99. The number of rotatable bonds is 1. The number of hydrogen-bond donors (Lipinski definition) is 0. The molecule has 108 valence electrons. The summed E-state index contributed by atoms with van der Waals surface area (Å²) < 4.78 is 0. The van der Waals surface area contributed by atoms with Crippen molar-refractivity contribution in [3.8, 4) is 0 Å². The van der Waals surface area contributed by atoms with Crippen LogP contribution < -0.4 is 0 Å². The van der Waals surface area contributed by atoms with Gasteiger partial charge in [0, 0.05) is 12.1 Å². The Balaban J connectivity index is 0.000000861. The van der Waals surface area contributed by atoms with Crippen LogP contribution in [0.15, 0.2) is 24.8 Å². The molecule has 0 aromatic heterocycles. The van der Waals surface area contributed by atoms with Crippen molar-refractivity contribution in [1.82, 2.24) is 4.90 Å². The van der Waals surface area contributed by atoms with E-state index in [0.29, 0.717) is 5.41 Å². The summed E-state index contributed by atoms with van der Waals surface area (Å²) >= 11 is 0. The van der Waals surface area contributed by atoms with Crippen LogP contribution in [0.3, 0.4) is 0 Å². The lowest BCUT2D eigenvalue weighted by Crippen LogP contribution is -2.55.